The zero-order valence-corrected chi connectivity index (χ0v) is 11.3. The molecule has 0 unspecified atom stereocenters. The molecule has 1 aromatic carbocycles. The Morgan fingerprint density at radius 3 is 1.94 bits per heavy atom. The van der Waals surface area contributed by atoms with Gasteiger partial charge >= 0.3 is 0 Å². The molecule has 0 saturated heterocycles. The molecular weight excluding hydrogens is 196 g/mol. The van der Waals surface area contributed by atoms with E-state index in [1.54, 1.807) is 6.92 Å². The lowest BCUT2D eigenvalue weighted by molar-refractivity contribution is -0.118. The van der Waals surface area contributed by atoms with E-state index in [2.05, 4.69) is 46.8 Å². The number of Topliss-reactive ketones (excluding diaryl/α,β-unsaturated/α-hetero) is 1. The van der Waals surface area contributed by atoms with E-state index in [4.69, 9.17) is 0 Å². The number of carbonyl (C=O) groups is 1. The van der Waals surface area contributed by atoms with E-state index < -0.39 is 0 Å². The molecular formula is C15H22O. The number of aryl methyl sites for hydroxylation is 3. The normalized spacial score (nSPS) is 11.6. The topological polar surface area (TPSA) is 17.1 Å². The lowest BCUT2D eigenvalue weighted by atomic mass is 9.76. The predicted molar refractivity (Wildman–Crippen MR) is 69.0 cm³/mol. The van der Waals surface area contributed by atoms with Crippen molar-refractivity contribution in [1.29, 1.82) is 0 Å². The maximum atomic E-state index is 11.3. The summed E-state index contributed by atoms with van der Waals surface area (Å²) in [6.45, 7) is 12.4. The Kier molecular flexibility index (Phi) is 3.57. The first-order chi connectivity index (χ1) is 7.24. The van der Waals surface area contributed by atoms with Crippen LogP contribution in [0.3, 0.4) is 0 Å². The first-order valence-electron chi connectivity index (χ1n) is 5.82. The second kappa shape index (κ2) is 4.40. The van der Waals surface area contributed by atoms with Gasteiger partial charge in [0, 0.05) is 6.42 Å². The molecule has 0 aliphatic carbocycles. The summed E-state index contributed by atoms with van der Waals surface area (Å²) in [4.78, 5) is 11.3. The SMILES string of the molecule is CC(=O)CC(C)(C)c1c(C)cc(C)cc1C. The molecule has 0 aromatic heterocycles. The third-order valence-electron chi connectivity index (χ3n) is 3.04. The van der Waals surface area contributed by atoms with E-state index in [-0.39, 0.29) is 11.2 Å². The molecule has 16 heavy (non-hydrogen) atoms. The molecule has 1 nitrogen and oxygen atoms in total. The molecule has 0 amide bonds. The van der Waals surface area contributed by atoms with Gasteiger partial charge in [-0.2, -0.15) is 0 Å². The molecule has 0 aliphatic rings. The second-order valence-electron chi connectivity index (χ2n) is 5.54. The summed E-state index contributed by atoms with van der Waals surface area (Å²) in [6, 6.07) is 4.40. The van der Waals surface area contributed by atoms with Crippen LogP contribution < -0.4 is 0 Å². The molecule has 88 valence electrons. The van der Waals surface area contributed by atoms with E-state index in [1.165, 1.54) is 22.3 Å². The highest BCUT2D eigenvalue weighted by Gasteiger charge is 2.25. The summed E-state index contributed by atoms with van der Waals surface area (Å²) < 4.78 is 0. The number of ketones is 1. The lowest BCUT2D eigenvalue weighted by Gasteiger charge is -2.28. The van der Waals surface area contributed by atoms with E-state index in [0.29, 0.717) is 6.42 Å². The highest BCUT2D eigenvalue weighted by Crippen LogP contribution is 2.33. The van der Waals surface area contributed by atoms with Crippen molar-refractivity contribution in [2.24, 2.45) is 0 Å². The van der Waals surface area contributed by atoms with Gasteiger partial charge in [-0.1, -0.05) is 31.5 Å². The van der Waals surface area contributed by atoms with Crippen LogP contribution in [0.1, 0.15) is 49.4 Å². The fourth-order valence-corrected chi connectivity index (χ4v) is 2.96. The first kappa shape index (κ1) is 13.0. The van der Waals surface area contributed by atoms with Crippen LogP contribution in [-0.2, 0) is 10.2 Å². The Morgan fingerprint density at radius 1 is 1.12 bits per heavy atom. The monoisotopic (exact) mass is 218 g/mol. The fourth-order valence-electron chi connectivity index (χ4n) is 2.96. The van der Waals surface area contributed by atoms with Crippen LogP contribution in [0, 0.1) is 20.8 Å². The average Bonchev–Trinajstić information content (AvgIpc) is 1.96. The van der Waals surface area contributed by atoms with Gasteiger partial charge < -0.3 is 0 Å². The van der Waals surface area contributed by atoms with Crippen LogP contribution in [-0.4, -0.2) is 5.78 Å². The summed E-state index contributed by atoms with van der Waals surface area (Å²) in [5, 5.41) is 0. The molecule has 0 atom stereocenters. The molecule has 0 saturated carbocycles. The van der Waals surface area contributed by atoms with E-state index in [9.17, 15) is 4.79 Å². The van der Waals surface area contributed by atoms with Crippen molar-refractivity contribution in [3.63, 3.8) is 0 Å². The van der Waals surface area contributed by atoms with Crippen LogP contribution in [0.15, 0.2) is 12.1 Å². The van der Waals surface area contributed by atoms with Gasteiger partial charge in [0.1, 0.15) is 5.78 Å². The number of hydrogen-bond donors (Lipinski definition) is 0. The highest BCUT2D eigenvalue weighted by atomic mass is 16.1. The molecule has 1 aromatic rings. The molecule has 0 spiro atoms. The highest BCUT2D eigenvalue weighted by molar-refractivity contribution is 5.77. The lowest BCUT2D eigenvalue weighted by Crippen LogP contribution is -2.23. The smallest absolute Gasteiger partial charge is 0.130 e. The van der Waals surface area contributed by atoms with E-state index >= 15 is 0 Å². The van der Waals surface area contributed by atoms with Crippen LogP contribution in [0.4, 0.5) is 0 Å². The molecule has 0 radical (unpaired) electrons. The summed E-state index contributed by atoms with van der Waals surface area (Å²) in [5.41, 5.74) is 5.14. The maximum absolute atomic E-state index is 11.3. The summed E-state index contributed by atoms with van der Waals surface area (Å²) in [5.74, 6) is 0.254. The Labute approximate surface area is 98.9 Å². The van der Waals surface area contributed by atoms with Crippen molar-refractivity contribution < 1.29 is 4.79 Å². The molecule has 1 heteroatoms. The van der Waals surface area contributed by atoms with Crippen LogP contribution in [0.25, 0.3) is 0 Å². The van der Waals surface area contributed by atoms with Crippen molar-refractivity contribution in [1.82, 2.24) is 0 Å². The van der Waals surface area contributed by atoms with Crippen molar-refractivity contribution in [2.75, 3.05) is 0 Å². The molecule has 1 rings (SSSR count). The summed E-state index contributed by atoms with van der Waals surface area (Å²) in [7, 11) is 0. The minimum Gasteiger partial charge on any atom is -0.300 e. The Morgan fingerprint density at radius 2 is 1.56 bits per heavy atom. The van der Waals surface area contributed by atoms with Gasteiger partial charge in [-0.3, -0.25) is 4.79 Å². The molecule has 0 bridgehead atoms. The Hall–Kier alpha value is -1.11. The van der Waals surface area contributed by atoms with Gasteiger partial charge in [-0.25, -0.2) is 0 Å². The molecule has 0 heterocycles. The maximum Gasteiger partial charge on any atom is 0.130 e. The van der Waals surface area contributed by atoms with Crippen LogP contribution >= 0.6 is 0 Å². The third kappa shape index (κ3) is 2.72. The Bertz CT molecular complexity index is 390. The van der Waals surface area contributed by atoms with Gasteiger partial charge in [0.2, 0.25) is 0 Å². The first-order valence-corrected chi connectivity index (χ1v) is 5.82. The van der Waals surface area contributed by atoms with Crippen molar-refractivity contribution in [2.45, 2.75) is 53.4 Å². The minimum absolute atomic E-state index is 0.0618. The molecule has 0 fully saturated rings. The van der Waals surface area contributed by atoms with Gasteiger partial charge in [-0.15, -0.1) is 0 Å². The third-order valence-corrected chi connectivity index (χ3v) is 3.04. The largest absolute Gasteiger partial charge is 0.300 e. The molecule has 0 aliphatic heterocycles. The summed E-state index contributed by atoms with van der Waals surface area (Å²) in [6.07, 6.45) is 0.609. The zero-order chi connectivity index (χ0) is 12.5. The van der Waals surface area contributed by atoms with Crippen molar-refractivity contribution in [3.8, 4) is 0 Å². The van der Waals surface area contributed by atoms with E-state index in [0.717, 1.165) is 0 Å². The Balaban J connectivity index is 3.27. The minimum atomic E-state index is -0.0618. The van der Waals surface area contributed by atoms with Gasteiger partial charge in [0.05, 0.1) is 0 Å². The average molecular weight is 218 g/mol. The van der Waals surface area contributed by atoms with Gasteiger partial charge in [0.25, 0.3) is 0 Å². The molecule has 0 N–H and O–H groups in total. The standard InChI is InChI=1S/C15H22O/c1-10-7-11(2)14(12(3)8-10)15(5,6)9-13(4)16/h7-8H,9H2,1-6H3. The number of benzene rings is 1. The quantitative estimate of drug-likeness (QED) is 0.752. The van der Waals surface area contributed by atoms with Crippen LogP contribution in [0.5, 0.6) is 0 Å². The zero-order valence-electron chi connectivity index (χ0n) is 11.3. The van der Waals surface area contributed by atoms with Gasteiger partial charge in [0.15, 0.2) is 0 Å². The number of rotatable bonds is 3. The van der Waals surface area contributed by atoms with Crippen molar-refractivity contribution in [3.05, 3.63) is 34.4 Å². The second-order valence-corrected chi connectivity index (χ2v) is 5.54. The number of carbonyl (C=O) groups excluding carboxylic acids is 1. The van der Waals surface area contributed by atoms with Crippen molar-refractivity contribution >= 4 is 5.78 Å². The van der Waals surface area contributed by atoms with E-state index in [1.807, 2.05) is 0 Å². The summed E-state index contributed by atoms with van der Waals surface area (Å²) >= 11 is 0. The predicted octanol–water partition coefficient (Wildman–Crippen LogP) is 3.87. The van der Waals surface area contributed by atoms with Gasteiger partial charge in [-0.05, 0) is 49.8 Å². The van der Waals surface area contributed by atoms with Crippen LogP contribution in [0.2, 0.25) is 0 Å². The fraction of sp³-hybridized carbons (Fsp3) is 0.533. The number of hydrogen-bond acceptors (Lipinski definition) is 1.